The molecule has 0 saturated heterocycles. The van der Waals surface area contributed by atoms with Gasteiger partial charge in [-0.25, -0.2) is 4.98 Å². The van der Waals surface area contributed by atoms with Gasteiger partial charge in [0, 0.05) is 10.9 Å². The van der Waals surface area contributed by atoms with Crippen LogP contribution in [-0.4, -0.2) is 10.9 Å². The Labute approximate surface area is 150 Å². The van der Waals surface area contributed by atoms with Crippen LogP contribution in [0.1, 0.15) is 11.1 Å². The summed E-state index contributed by atoms with van der Waals surface area (Å²) < 4.78 is 0. The van der Waals surface area contributed by atoms with Crippen molar-refractivity contribution in [3.8, 4) is 17.3 Å². The molecule has 1 heterocycles. The van der Waals surface area contributed by atoms with Gasteiger partial charge in [0.15, 0.2) is 5.13 Å². The van der Waals surface area contributed by atoms with Gasteiger partial charge < -0.3 is 0 Å². The van der Waals surface area contributed by atoms with Gasteiger partial charge in [0.05, 0.1) is 5.69 Å². The van der Waals surface area contributed by atoms with E-state index in [0.29, 0.717) is 5.13 Å². The Kier molecular flexibility index (Phi) is 5.03. The van der Waals surface area contributed by atoms with E-state index in [1.807, 2.05) is 73.0 Å². The number of hydrogen-bond donors (Lipinski definition) is 1. The van der Waals surface area contributed by atoms with Crippen molar-refractivity contribution in [1.29, 1.82) is 5.26 Å². The molecule has 1 amide bonds. The minimum atomic E-state index is -0.462. The number of benzene rings is 2. The Morgan fingerprint density at radius 1 is 1.16 bits per heavy atom. The number of hydrogen-bond acceptors (Lipinski definition) is 4. The topological polar surface area (TPSA) is 65.8 Å². The van der Waals surface area contributed by atoms with Crippen LogP contribution in [0.4, 0.5) is 5.13 Å². The molecule has 2 aromatic carbocycles. The number of anilines is 1. The first-order valence-corrected chi connectivity index (χ1v) is 8.54. The van der Waals surface area contributed by atoms with Gasteiger partial charge in [-0.2, -0.15) is 5.26 Å². The van der Waals surface area contributed by atoms with Crippen LogP contribution in [-0.2, 0) is 4.79 Å². The summed E-state index contributed by atoms with van der Waals surface area (Å²) in [6, 6.07) is 19.2. The van der Waals surface area contributed by atoms with Crippen LogP contribution in [0.25, 0.3) is 17.3 Å². The zero-order valence-electron chi connectivity index (χ0n) is 13.6. The molecule has 1 N–H and O–H groups in total. The smallest absolute Gasteiger partial charge is 0.268 e. The molecule has 0 aliphatic rings. The number of rotatable bonds is 4. The molecule has 0 saturated carbocycles. The lowest BCUT2D eigenvalue weighted by atomic mass is 10.1. The molecule has 0 atom stereocenters. The number of carbonyl (C=O) groups excluding carboxylic acids is 1. The molecule has 3 rings (SSSR count). The molecule has 0 bridgehead atoms. The van der Waals surface area contributed by atoms with E-state index in [1.54, 1.807) is 6.08 Å². The normalized spacial score (nSPS) is 11.0. The van der Waals surface area contributed by atoms with Crippen LogP contribution >= 0.6 is 11.3 Å². The Hall–Kier alpha value is -3.23. The highest BCUT2D eigenvalue weighted by Gasteiger charge is 2.12. The summed E-state index contributed by atoms with van der Waals surface area (Å²) in [6.45, 7) is 2.03. The van der Waals surface area contributed by atoms with E-state index in [0.717, 1.165) is 16.8 Å². The van der Waals surface area contributed by atoms with E-state index >= 15 is 0 Å². The maximum Gasteiger partial charge on any atom is 0.268 e. The highest BCUT2D eigenvalue weighted by atomic mass is 32.1. The fourth-order valence-electron chi connectivity index (χ4n) is 2.22. The number of thiazole rings is 1. The quantitative estimate of drug-likeness (QED) is 0.552. The van der Waals surface area contributed by atoms with Crippen molar-refractivity contribution in [3.05, 3.63) is 76.7 Å². The van der Waals surface area contributed by atoms with E-state index < -0.39 is 5.91 Å². The first-order chi connectivity index (χ1) is 12.2. The van der Waals surface area contributed by atoms with E-state index in [-0.39, 0.29) is 5.57 Å². The van der Waals surface area contributed by atoms with Crippen molar-refractivity contribution in [2.45, 2.75) is 6.92 Å². The number of carbonyl (C=O) groups is 1. The highest BCUT2D eigenvalue weighted by Crippen LogP contribution is 2.25. The molecule has 4 nitrogen and oxygen atoms in total. The van der Waals surface area contributed by atoms with Crippen molar-refractivity contribution < 1.29 is 4.79 Å². The van der Waals surface area contributed by atoms with Gasteiger partial charge in [-0.15, -0.1) is 11.3 Å². The van der Waals surface area contributed by atoms with Gasteiger partial charge >= 0.3 is 0 Å². The molecule has 1 aromatic heterocycles. The molecule has 0 aliphatic carbocycles. The lowest BCUT2D eigenvalue weighted by Gasteiger charge is -2.01. The predicted molar refractivity (Wildman–Crippen MR) is 101 cm³/mol. The van der Waals surface area contributed by atoms with Crippen molar-refractivity contribution in [2.24, 2.45) is 0 Å². The van der Waals surface area contributed by atoms with Gasteiger partial charge in [-0.1, -0.05) is 60.2 Å². The summed E-state index contributed by atoms with van der Waals surface area (Å²) in [7, 11) is 0. The molecule has 25 heavy (non-hydrogen) atoms. The monoisotopic (exact) mass is 345 g/mol. The molecule has 0 aliphatic heterocycles. The van der Waals surface area contributed by atoms with Crippen LogP contribution in [0, 0.1) is 18.3 Å². The summed E-state index contributed by atoms with van der Waals surface area (Å²) in [5.74, 6) is -0.462. The third-order valence-corrected chi connectivity index (χ3v) is 4.31. The number of nitrogens with zero attached hydrogens (tertiary/aromatic N) is 2. The Balaban J connectivity index is 1.76. The second kappa shape index (κ2) is 7.56. The number of nitrogens with one attached hydrogen (secondary N) is 1. The molecule has 0 radical (unpaired) electrons. The zero-order valence-corrected chi connectivity index (χ0v) is 14.4. The lowest BCUT2D eigenvalue weighted by molar-refractivity contribution is -0.112. The first kappa shape index (κ1) is 16.6. The average Bonchev–Trinajstić information content (AvgIpc) is 3.09. The van der Waals surface area contributed by atoms with E-state index in [4.69, 9.17) is 0 Å². The largest absolute Gasteiger partial charge is 0.297 e. The predicted octanol–water partition coefficient (Wildman–Crippen LogP) is 4.66. The van der Waals surface area contributed by atoms with Crippen molar-refractivity contribution in [2.75, 3.05) is 5.32 Å². The van der Waals surface area contributed by atoms with Crippen molar-refractivity contribution >= 4 is 28.5 Å². The third kappa shape index (κ3) is 4.19. The summed E-state index contributed by atoms with van der Waals surface area (Å²) in [6.07, 6.45) is 1.56. The molecule has 5 heteroatoms. The fourth-order valence-corrected chi connectivity index (χ4v) is 2.93. The zero-order chi connectivity index (χ0) is 17.6. The van der Waals surface area contributed by atoms with E-state index in [1.165, 1.54) is 16.9 Å². The number of nitriles is 1. The van der Waals surface area contributed by atoms with Crippen LogP contribution in [0.5, 0.6) is 0 Å². The van der Waals surface area contributed by atoms with Crippen LogP contribution < -0.4 is 5.32 Å². The summed E-state index contributed by atoms with van der Waals surface area (Å²) in [5, 5.41) is 14.3. The molecular weight excluding hydrogens is 330 g/mol. The molecule has 3 aromatic rings. The van der Waals surface area contributed by atoms with Crippen LogP contribution in [0.3, 0.4) is 0 Å². The standard InChI is InChI=1S/C20H15N3OS/c1-14-7-9-16(10-8-14)18-13-25-20(22-18)23-19(24)17(12-21)11-15-5-3-2-4-6-15/h2-11,13H,1H3,(H,22,23,24). The minimum Gasteiger partial charge on any atom is -0.297 e. The molecule has 0 spiro atoms. The fraction of sp³-hybridized carbons (Fsp3) is 0.0500. The van der Waals surface area contributed by atoms with Gasteiger partial charge in [-0.05, 0) is 18.6 Å². The van der Waals surface area contributed by atoms with Crippen LogP contribution in [0.2, 0.25) is 0 Å². The maximum absolute atomic E-state index is 12.3. The lowest BCUT2D eigenvalue weighted by Crippen LogP contribution is -2.13. The second-order valence-electron chi connectivity index (χ2n) is 5.44. The van der Waals surface area contributed by atoms with E-state index in [9.17, 15) is 10.1 Å². The molecular formula is C20H15N3OS. The maximum atomic E-state index is 12.3. The third-order valence-electron chi connectivity index (χ3n) is 3.55. The summed E-state index contributed by atoms with van der Waals surface area (Å²) in [4.78, 5) is 16.7. The summed E-state index contributed by atoms with van der Waals surface area (Å²) in [5.41, 5.74) is 3.80. The van der Waals surface area contributed by atoms with Crippen molar-refractivity contribution in [3.63, 3.8) is 0 Å². The van der Waals surface area contributed by atoms with E-state index in [2.05, 4.69) is 10.3 Å². The van der Waals surface area contributed by atoms with Gasteiger partial charge in [0.25, 0.3) is 5.91 Å². The average molecular weight is 345 g/mol. The van der Waals surface area contributed by atoms with Gasteiger partial charge in [-0.3, -0.25) is 10.1 Å². The Morgan fingerprint density at radius 3 is 2.56 bits per heavy atom. The Bertz CT molecular complexity index is 951. The number of amides is 1. The SMILES string of the molecule is Cc1ccc(-c2csc(NC(=O)C(C#N)=Cc3ccccc3)n2)cc1. The van der Waals surface area contributed by atoms with Gasteiger partial charge in [0.2, 0.25) is 0 Å². The second-order valence-corrected chi connectivity index (χ2v) is 6.30. The number of aryl methyl sites for hydroxylation is 1. The van der Waals surface area contributed by atoms with Crippen LogP contribution in [0.15, 0.2) is 65.6 Å². The first-order valence-electron chi connectivity index (χ1n) is 7.66. The highest BCUT2D eigenvalue weighted by molar-refractivity contribution is 7.14. The molecule has 122 valence electrons. The number of aromatic nitrogens is 1. The minimum absolute atomic E-state index is 0.0401. The Morgan fingerprint density at radius 2 is 1.88 bits per heavy atom. The summed E-state index contributed by atoms with van der Waals surface area (Å²) >= 11 is 1.33. The van der Waals surface area contributed by atoms with Gasteiger partial charge in [0.1, 0.15) is 11.6 Å². The molecule has 0 unspecified atom stereocenters. The molecule has 0 fully saturated rings. The van der Waals surface area contributed by atoms with Crippen molar-refractivity contribution in [1.82, 2.24) is 4.98 Å².